The molecule has 0 aliphatic carbocycles. The number of para-hydroxylation sites is 1. The van der Waals surface area contributed by atoms with Crippen LogP contribution in [0, 0.1) is 0 Å². The van der Waals surface area contributed by atoms with E-state index in [2.05, 4.69) is 27.8 Å². The van der Waals surface area contributed by atoms with E-state index in [1.807, 2.05) is 49.4 Å². The highest BCUT2D eigenvalue weighted by Gasteiger charge is 2.35. The van der Waals surface area contributed by atoms with Crippen molar-refractivity contribution >= 4 is 23.1 Å². The summed E-state index contributed by atoms with van der Waals surface area (Å²) >= 11 is 0. The van der Waals surface area contributed by atoms with Crippen molar-refractivity contribution in [3.8, 4) is 5.82 Å². The molecule has 1 fully saturated rings. The van der Waals surface area contributed by atoms with Crippen molar-refractivity contribution in [2.75, 3.05) is 6.61 Å². The molecular formula is C19H16N2O3. The Kier molecular flexibility index (Phi) is 3.34. The number of carbonyl (C=O) groups is 1. The van der Waals surface area contributed by atoms with Gasteiger partial charge in [0, 0.05) is 17.3 Å². The number of rotatable bonds is 3. The minimum atomic E-state index is -0.748. The summed E-state index contributed by atoms with van der Waals surface area (Å²) in [6.07, 6.45) is 4.93. The Morgan fingerprint density at radius 3 is 2.79 bits per heavy atom. The van der Waals surface area contributed by atoms with Crippen LogP contribution in [0.25, 0.3) is 22.8 Å². The van der Waals surface area contributed by atoms with Crippen molar-refractivity contribution in [1.82, 2.24) is 9.55 Å². The minimum Gasteiger partial charge on any atom is -0.430 e. The predicted molar refractivity (Wildman–Crippen MR) is 90.9 cm³/mol. The molecule has 3 aromatic rings. The second kappa shape index (κ2) is 5.53. The number of hydrogen-bond donors (Lipinski definition) is 0. The zero-order valence-corrected chi connectivity index (χ0v) is 13.2. The van der Waals surface area contributed by atoms with Gasteiger partial charge >= 0.3 is 6.16 Å². The number of carbonyl (C=O) groups excluding carboxylic acids is 1. The quantitative estimate of drug-likeness (QED) is 0.685. The van der Waals surface area contributed by atoms with Crippen LogP contribution >= 0.6 is 0 Å². The Hall–Kier alpha value is -3.08. The van der Waals surface area contributed by atoms with Gasteiger partial charge in [-0.3, -0.25) is 4.57 Å². The number of fused-ring (bicyclic) bond motifs is 1. The van der Waals surface area contributed by atoms with Gasteiger partial charge in [0.15, 0.2) is 5.60 Å². The van der Waals surface area contributed by atoms with Gasteiger partial charge in [0.05, 0.1) is 5.52 Å². The van der Waals surface area contributed by atoms with Crippen LogP contribution in [-0.2, 0) is 9.47 Å². The first-order valence-electron chi connectivity index (χ1n) is 7.72. The van der Waals surface area contributed by atoms with Gasteiger partial charge in [-0.25, -0.2) is 9.78 Å². The third kappa shape index (κ3) is 2.54. The van der Waals surface area contributed by atoms with Crippen LogP contribution in [0.4, 0.5) is 4.79 Å². The summed E-state index contributed by atoms with van der Waals surface area (Å²) in [7, 11) is 0. The Morgan fingerprint density at radius 2 is 2.04 bits per heavy atom. The molecular weight excluding hydrogens is 304 g/mol. The standard InChI is InChI=1S/C19H16N2O3/c1-19(13-23-18(22)24-19)10-9-15-12-14-6-2-3-7-16(14)21(15)17-8-4-5-11-20-17/h2-12H,13H2,1H3/b10-9+. The minimum absolute atomic E-state index is 0.214. The highest BCUT2D eigenvalue weighted by Crippen LogP contribution is 2.27. The summed E-state index contributed by atoms with van der Waals surface area (Å²) in [5.41, 5.74) is 1.28. The second-order valence-corrected chi connectivity index (χ2v) is 5.94. The van der Waals surface area contributed by atoms with E-state index in [0.29, 0.717) is 0 Å². The maximum absolute atomic E-state index is 11.2. The average Bonchev–Trinajstić information content (AvgIpc) is 3.14. The summed E-state index contributed by atoms with van der Waals surface area (Å²) < 4.78 is 12.2. The molecule has 0 saturated carbocycles. The van der Waals surface area contributed by atoms with Crippen LogP contribution < -0.4 is 0 Å². The van der Waals surface area contributed by atoms with E-state index in [0.717, 1.165) is 22.4 Å². The molecule has 0 radical (unpaired) electrons. The summed E-state index contributed by atoms with van der Waals surface area (Å²) in [4.78, 5) is 15.7. The fourth-order valence-corrected chi connectivity index (χ4v) is 2.84. The first-order valence-corrected chi connectivity index (χ1v) is 7.72. The maximum atomic E-state index is 11.2. The zero-order valence-electron chi connectivity index (χ0n) is 13.2. The van der Waals surface area contributed by atoms with E-state index >= 15 is 0 Å². The Balaban J connectivity index is 1.82. The Labute approximate surface area is 139 Å². The third-order valence-corrected chi connectivity index (χ3v) is 4.02. The lowest BCUT2D eigenvalue weighted by Crippen LogP contribution is -2.23. The largest absolute Gasteiger partial charge is 0.509 e. The summed E-state index contributed by atoms with van der Waals surface area (Å²) in [5, 5.41) is 1.12. The van der Waals surface area contributed by atoms with E-state index < -0.39 is 11.8 Å². The molecule has 5 nitrogen and oxygen atoms in total. The van der Waals surface area contributed by atoms with Crippen LogP contribution in [0.5, 0.6) is 0 Å². The topological polar surface area (TPSA) is 53.4 Å². The van der Waals surface area contributed by atoms with E-state index in [-0.39, 0.29) is 6.61 Å². The van der Waals surface area contributed by atoms with Gasteiger partial charge < -0.3 is 9.47 Å². The molecule has 1 saturated heterocycles. The maximum Gasteiger partial charge on any atom is 0.509 e. The van der Waals surface area contributed by atoms with Gasteiger partial charge in [0.2, 0.25) is 0 Å². The van der Waals surface area contributed by atoms with Crippen molar-refractivity contribution in [2.24, 2.45) is 0 Å². The van der Waals surface area contributed by atoms with Gasteiger partial charge in [-0.05, 0) is 43.3 Å². The van der Waals surface area contributed by atoms with Gasteiger partial charge in [0.25, 0.3) is 0 Å². The van der Waals surface area contributed by atoms with E-state index in [4.69, 9.17) is 9.47 Å². The zero-order chi connectivity index (χ0) is 16.6. The average molecular weight is 320 g/mol. The number of ether oxygens (including phenoxy) is 2. The SMILES string of the molecule is CC1(/C=C/c2cc3ccccc3n2-c2ccccn2)COC(=O)O1. The molecule has 120 valence electrons. The molecule has 0 N–H and O–H groups in total. The van der Waals surface area contributed by atoms with Crippen molar-refractivity contribution in [2.45, 2.75) is 12.5 Å². The van der Waals surface area contributed by atoms with E-state index in [1.165, 1.54) is 0 Å². The van der Waals surface area contributed by atoms with Crippen molar-refractivity contribution in [1.29, 1.82) is 0 Å². The molecule has 24 heavy (non-hydrogen) atoms. The Morgan fingerprint density at radius 1 is 1.21 bits per heavy atom. The molecule has 1 aliphatic heterocycles. The normalized spacial score (nSPS) is 20.5. The molecule has 0 spiro atoms. The van der Waals surface area contributed by atoms with Gasteiger partial charge in [-0.15, -0.1) is 0 Å². The first-order chi connectivity index (χ1) is 11.6. The van der Waals surface area contributed by atoms with Gasteiger partial charge in [-0.2, -0.15) is 0 Å². The lowest BCUT2D eigenvalue weighted by Gasteiger charge is -2.14. The van der Waals surface area contributed by atoms with E-state index in [9.17, 15) is 4.79 Å². The fourth-order valence-electron chi connectivity index (χ4n) is 2.84. The molecule has 2 aromatic heterocycles. The van der Waals surface area contributed by atoms with Gasteiger partial charge in [0.1, 0.15) is 12.4 Å². The predicted octanol–water partition coefficient (Wildman–Crippen LogP) is 3.96. The van der Waals surface area contributed by atoms with Crippen molar-refractivity contribution in [3.63, 3.8) is 0 Å². The molecule has 0 amide bonds. The van der Waals surface area contributed by atoms with Crippen LogP contribution in [0.1, 0.15) is 12.6 Å². The second-order valence-electron chi connectivity index (χ2n) is 5.94. The van der Waals surface area contributed by atoms with Gasteiger partial charge in [-0.1, -0.05) is 24.3 Å². The molecule has 1 aliphatic rings. The summed E-state index contributed by atoms with van der Waals surface area (Å²) in [6, 6.07) is 16.0. The third-order valence-electron chi connectivity index (χ3n) is 4.02. The Bertz CT molecular complexity index is 930. The van der Waals surface area contributed by atoms with E-state index in [1.54, 1.807) is 6.20 Å². The summed E-state index contributed by atoms with van der Waals surface area (Å²) in [5.74, 6) is 0.836. The number of nitrogens with zero attached hydrogens (tertiary/aromatic N) is 2. The smallest absolute Gasteiger partial charge is 0.430 e. The lowest BCUT2D eigenvalue weighted by atomic mass is 10.1. The summed E-state index contributed by atoms with van der Waals surface area (Å²) in [6.45, 7) is 2.04. The molecule has 1 unspecified atom stereocenters. The number of cyclic esters (lactones) is 2. The monoisotopic (exact) mass is 320 g/mol. The first kappa shape index (κ1) is 14.5. The number of aromatic nitrogens is 2. The molecule has 4 rings (SSSR count). The highest BCUT2D eigenvalue weighted by atomic mass is 16.8. The molecule has 3 heterocycles. The van der Waals surface area contributed by atoms with Crippen LogP contribution in [0.3, 0.4) is 0 Å². The number of pyridine rings is 1. The molecule has 1 atom stereocenters. The highest BCUT2D eigenvalue weighted by molar-refractivity contribution is 5.85. The van der Waals surface area contributed by atoms with Crippen molar-refractivity contribution < 1.29 is 14.3 Å². The molecule has 5 heteroatoms. The van der Waals surface area contributed by atoms with Crippen molar-refractivity contribution in [3.05, 3.63) is 66.5 Å². The lowest BCUT2D eigenvalue weighted by molar-refractivity contribution is 0.0995. The van der Waals surface area contributed by atoms with Crippen LogP contribution in [0.15, 0.2) is 60.8 Å². The molecule has 1 aromatic carbocycles. The fraction of sp³-hybridized carbons (Fsp3) is 0.158. The van der Waals surface area contributed by atoms with Crippen LogP contribution in [-0.4, -0.2) is 27.9 Å². The number of benzene rings is 1. The number of hydrogen-bond acceptors (Lipinski definition) is 4. The van der Waals surface area contributed by atoms with Crippen LogP contribution in [0.2, 0.25) is 0 Å². The molecule has 0 bridgehead atoms.